The van der Waals surface area contributed by atoms with Crippen molar-refractivity contribution in [3.05, 3.63) is 87.0 Å². The van der Waals surface area contributed by atoms with Gasteiger partial charge in [-0.25, -0.2) is 4.39 Å². The molecule has 3 aromatic rings. The predicted octanol–water partition coefficient (Wildman–Crippen LogP) is 2.77. The molecule has 1 saturated heterocycles. The van der Waals surface area contributed by atoms with E-state index in [2.05, 4.69) is 10.4 Å². The molecule has 4 rings (SSSR count). The Balaban J connectivity index is 1.31. The zero-order valence-electron chi connectivity index (χ0n) is 18.3. The first-order valence-electron chi connectivity index (χ1n) is 10.7. The highest BCUT2D eigenvalue weighted by molar-refractivity contribution is 6.33. The lowest BCUT2D eigenvalue weighted by Crippen LogP contribution is -2.49. The number of rotatable bonds is 6. The minimum Gasteiger partial charge on any atom is -0.366 e. The Kier molecular flexibility index (Phi) is 7.05. The lowest BCUT2D eigenvalue weighted by molar-refractivity contribution is -0.122. The van der Waals surface area contributed by atoms with Gasteiger partial charge in [0.05, 0.1) is 24.1 Å². The first-order chi connectivity index (χ1) is 15.9. The highest BCUT2D eigenvalue weighted by Gasteiger charge is 2.22. The molecule has 0 bridgehead atoms. The van der Waals surface area contributed by atoms with Crippen molar-refractivity contribution >= 4 is 23.2 Å². The van der Waals surface area contributed by atoms with E-state index in [1.807, 2.05) is 28.0 Å². The van der Waals surface area contributed by atoms with Gasteiger partial charge >= 0.3 is 0 Å². The second-order valence-corrected chi connectivity index (χ2v) is 8.40. The van der Waals surface area contributed by atoms with E-state index in [0.717, 1.165) is 5.56 Å². The smallest absolute Gasteiger partial charge is 0.292 e. The fourth-order valence-corrected chi connectivity index (χ4v) is 4.07. The Morgan fingerprint density at radius 1 is 1.12 bits per heavy atom. The molecular weight excluding hydrogens is 445 g/mol. The van der Waals surface area contributed by atoms with Crippen molar-refractivity contribution in [2.24, 2.45) is 0 Å². The summed E-state index contributed by atoms with van der Waals surface area (Å²) >= 11 is 6.41. The summed E-state index contributed by atoms with van der Waals surface area (Å²) in [5.74, 6) is -0.341. The normalized spacial score (nSPS) is 14.3. The lowest BCUT2D eigenvalue weighted by Gasteiger charge is -2.35. The number of anilines is 1. The third-order valence-corrected chi connectivity index (χ3v) is 6.05. The largest absolute Gasteiger partial charge is 0.366 e. The molecule has 0 spiro atoms. The van der Waals surface area contributed by atoms with Gasteiger partial charge in [0, 0.05) is 32.7 Å². The molecule has 2 heterocycles. The summed E-state index contributed by atoms with van der Waals surface area (Å²) in [6.45, 7) is 4.89. The molecule has 0 atom stereocenters. The minimum absolute atomic E-state index is 0.0874. The first kappa shape index (κ1) is 22.9. The second-order valence-electron chi connectivity index (χ2n) is 8.02. The van der Waals surface area contributed by atoms with Crippen molar-refractivity contribution in [2.45, 2.75) is 13.5 Å². The van der Waals surface area contributed by atoms with Gasteiger partial charge in [-0.1, -0.05) is 41.9 Å². The summed E-state index contributed by atoms with van der Waals surface area (Å²) in [6, 6.07) is 13.9. The van der Waals surface area contributed by atoms with Gasteiger partial charge < -0.3 is 10.2 Å². The van der Waals surface area contributed by atoms with Crippen LogP contribution in [0.5, 0.6) is 0 Å². The number of carbonyl (C=O) groups is 1. The SMILES string of the molecule is Cc1cc(CNC(=O)CN2CCN(c3cnn(-c4ccccc4)c(=O)c3Cl)CC2)ccc1F. The third kappa shape index (κ3) is 5.40. The topological polar surface area (TPSA) is 70.5 Å². The molecule has 172 valence electrons. The number of benzene rings is 2. The van der Waals surface area contributed by atoms with E-state index in [9.17, 15) is 14.0 Å². The molecule has 0 saturated carbocycles. The predicted molar refractivity (Wildman–Crippen MR) is 126 cm³/mol. The maximum absolute atomic E-state index is 13.4. The molecule has 7 nitrogen and oxygen atoms in total. The second kappa shape index (κ2) is 10.1. The van der Waals surface area contributed by atoms with E-state index < -0.39 is 0 Å². The molecule has 1 aliphatic rings. The molecule has 1 aromatic heterocycles. The van der Waals surface area contributed by atoms with Gasteiger partial charge in [-0.2, -0.15) is 9.78 Å². The Labute approximate surface area is 196 Å². The van der Waals surface area contributed by atoms with Crippen molar-refractivity contribution < 1.29 is 9.18 Å². The number of nitrogens with zero attached hydrogens (tertiary/aromatic N) is 4. The Morgan fingerprint density at radius 2 is 1.85 bits per heavy atom. The van der Waals surface area contributed by atoms with Crippen LogP contribution in [0.15, 0.2) is 59.5 Å². The third-order valence-electron chi connectivity index (χ3n) is 5.69. The molecule has 1 aliphatic heterocycles. The van der Waals surface area contributed by atoms with E-state index in [1.54, 1.807) is 37.4 Å². The molecule has 2 aromatic carbocycles. The molecule has 0 aliphatic carbocycles. The number of piperazine rings is 1. The quantitative estimate of drug-likeness (QED) is 0.601. The lowest BCUT2D eigenvalue weighted by atomic mass is 10.1. The van der Waals surface area contributed by atoms with Crippen LogP contribution in [0.25, 0.3) is 5.69 Å². The fraction of sp³-hybridized carbons (Fsp3) is 0.292. The molecule has 0 unspecified atom stereocenters. The maximum atomic E-state index is 13.4. The summed E-state index contributed by atoms with van der Waals surface area (Å²) in [7, 11) is 0. The number of aryl methyl sites for hydroxylation is 1. The highest BCUT2D eigenvalue weighted by Crippen LogP contribution is 2.23. The van der Waals surface area contributed by atoms with Crippen LogP contribution in [0.1, 0.15) is 11.1 Å². The van der Waals surface area contributed by atoms with Gasteiger partial charge in [-0.3, -0.25) is 14.5 Å². The Hall–Kier alpha value is -3.23. The Morgan fingerprint density at radius 3 is 2.55 bits per heavy atom. The number of hydrogen-bond donors (Lipinski definition) is 1. The fourth-order valence-electron chi connectivity index (χ4n) is 3.82. The van der Waals surface area contributed by atoms with Gasteiger partial charge in [-0.15, -0.1) is 0 Å². The summed E-state index contributed by atoms with van der Waals surface area (Å²) in [6.07, 6.45) is 1.61. The van der Waals surface area contributed by atoms with Crippen molar-refractivity contribution in [2.75, 3.05) is 37.6 Å². The van der Waals surface area contributed by atoms with Crippen LogP contribution in [-0.4, -0.2) is 53.3 Å². The van der Waals surface area contributed by atoms with Crippen molar-refractivity contribution in [1.29, 1.82) is 0 Å². The van der Waals surface area contributed by atoms with Gasteiger partial charge in [0.15, 0.2) is 0 Å². The summed E-state index contributed by atoms with van der Waals surface area (Å²) in [5.41, 5.74) is 2.31. The molecule has 1 amide bonds. The van der Waals surface area contributed by atoms with E-state index in [0.29, 0.717) is 49.7 Å². The number of carbonyl (C=O) groups excluding carboxylic acids is 1. The van der Waals surface area contributed by atoms with Gasteiger partial charge in [0.25, 0.3) is 5.56 Å². The average Bonchev–Trinajstić information content (AvgIpc) is 2.83. The van der Waals surface area contributed by atoms with E-state index in [4.69, 9.17) is 11.6 Å². The van der Waals surface area contributed by atoms with Crippen LogP contribution >= 0.6 is 11.6 Å². The number of amides is 1. The van der Waals surface area contributed by atoms with Crippen LogP contribution in [-0.2, 0) is 11.3 Å². The molecule has 1 N–H and O–H groups in total. The van der Waals surface area contributed by atoms with Crippen LogP contribution in [0, 0.1) is 12.7 Å². The van der Waals surface area contributed by atoms with E-state index in [1.165, 1.54) is 10.7 Å². The van der Waals surface area contributed by atoms with Crippen LogP contribution < -0.4 is 15.8 Å². The van der Waals surface area contributed by atoms with Crippen LogP contribution in [0.3, 0.4) is 0 Å². The number of halogens is 2. The summed E-state index contributed by atoms with van der Waals surface area (Å²) < 4.78 is 14.7. The van der Waals surface area contributed by atoms with E-state index >= 15 is 0 Å². The van der Waals surface area contributed by atoms with Gasteiger partial charge in [0.1, 0.15) is 10.8 Å². The van der Waals surface area contributed by atoms with Crippen molar-refractivity contribution in [1.82, 2.24) is 20.0 Å². The molecule has 9 heteroatoms. The van der Waals surface area contributed by atoms with Crippen LogP contribution in [0.2, 0.25) is 5.02 Å². The van der Waals surface area contributed by atoms with Gasteiger partial charge in [-0.05, 0) is 36.2 Å². The molecule has 33 heavy (non-hydrogen) atoms. The molecule has 0 radical (unpaired) electrons. The zero-order valence-corrected chi connectivity index (χ0v) is 19.1. The number of nitrogens with one attached hydrogen (secondary N) is 1. The summed E-state index contributed by atoms with van der Waals surface area (Å²) in [5, 5.41) is 7.31. The number of aromatic nitrogens is 2. The average molecular weight is 470 g/mol. The zero-order chi connectivity index (χ0) is 23.4. The van der Waals surface area contributed by atoms with Crippen molar-refractivity contribution in [3.8, 4) is 5.69 Å². The summed E-state index contributed by atoms with van der Waals surface area (Å²) in [4.78, 5) is 29.1. The molecule has 1 fully saturated rings. The first-order valence-corrected chi connectivity index (χ1v) is 11.1. The number of hydrogen-bond acceptors (Lipinski definition) is 5. The van der Waals surface area contributed by atoms with E-state index in [-0.39, 0.29) is 28.9 Å². The maximum Gasteiger partial charge on any atom is 0.292 e. The van der Waals surface area contributed by atoms with Crippen molar-refractivity contribution in [3.63, 3.8) is 0 Å². The van der Waals surface area contributed by atoms with Gasteiger partial charge in [0.2, 0.25) is 5.91 Å². The Bertz CT molecular complexity index is 1190. The van der Waals surface area contributed by atoms with Crippen LogP contribution in [0.4, 0.5) is 10.1 Å². The highest BCUT2D eigenvalue weighted by atomic mass is 35.5. The monoisotopic (exact) mass is 469 g/mol. The number of para-hydroxylation sites is 1. The standard InChI is InChI=1S/C24H25ClFN5O2/c1-17-13-18(7-8-20(17)26)14-27-22(32)16-29-9-11-30(12-10-29)21-15-28-31(24(33)23(21)25)19-5-3-2-4-6-19/h2-8,13,15H,9-12,14,16H2,1H3,(H,27,32). The molecular formula is C24H25ClFN5O2. The minimum atomic E-state index is -0.363.